The first-order valence-corrected chi connectivity index (χ1v) is 9.53. The molecule has 0 aliphatic rings. The second-order valence-electron chi connectivity index (χ2n) is 7.10. The predicted molar refractivity (Wildman–Crippen MR) is 116 cm³/mol. The fourth-order valence-electron chi connectivity index (χ4n) is 3.49. The lowest BCUT2D eigenvalue weighted by Crippen LogP contribution is -2.16. The number of primary amides is 1. The molecule has 0 saturated carbocycles. The average Bonchev–Trinajstić information content (AvgIpc) is 3.22. The van der Waals surface area contributed by atoms with Gasteiger partial charge in [0, 0.05) is 23.0 Å². The number of nitrogens with zero attached hydrogens (tertiary/aromatic N) is 3. The zero-order chi connectivity index (χ0) is 21.3. The highest BCUT2D eigenvalue weighted by Crippen LogP contribution is 2.23. The number of benzene rings is 2. The number of rotatable bonds is 5. The number of nitrogens with two attached hydrogens (primary N) is 1. The van der Waals surface area contributed by atoms with Crippen molar-refractivity contribution in [3.63, 3.8) is 0 Å². The van der Waals surface area contributed by atoms with Crippen molar-refractivity contribution in [2.45, 2.75) is 20.3 Å². The van der Waals surface area contributed by atoms with Crippen molar-refractivity contribution in [3.8, 4) is 5.69 Å². The van der Waals surface area contributed by atoms with Crippen LogP contribution >= 0.6 is 0 Å². The summed E-state index contributed by atoms with van der Waals surface area (Å²) >= 11 is 0. The number of aryl methyl sites for hydroxylation is 2. The van der Waals surface area contributed by atoms with Crippen molar-refractivity contribution >= 4 is 28.4 Å². The van der Waals surface area contributed by atoms with Crippen LogP contribution in [0.25, 0.3) is 16.6 Å². The maximum absolute atomic E-state index is 12.6. The molecule has 0 radical (unpaired) electrons. The summed E-state index contributed by atoms with van der Waals surface area (Å²) in [7, 11) is 0. The molecule has 7 heteroatoms. The van der Waals surface area contributed by atoms with Crippen molar-refractivity contribution in [2.75, 3.05) is 5.32 Å². The number of aromatic nitrogens is 3. The molecule has 30 heavy (non-hydrogen) atoms. The zero-order valence-corrected chi connectivity index (χ0v) is 16.7. The van der Waals surface area contributed by atoms with Gasteiger partial charge in [-0.3, -0.25) is 14.6 Å². The topological polar surface area (TPSA) is 103 Å². The summed E-state index contributed by atoms with van der Waals surface area (Å²) in [6.07, 6.45) is 1.91. The molecule has 0 aliphatic heterocycles. The Morgan fingerprint density at radius 3 is 2.47 bits per heavy atom. The van der Waals surface area contributed by atoms with Crippen LogP contribution in [-0.4, -0.2) is 26.6 Å². The Hall–Kier alpha value is -4.00. The van der Waals surface area contributed by atoms with E-state index in [1.165, 1.54) is 0 Å². The number of carbonyl (C=O) groups excluding carboxylic acids is 2. The lowest BCUT2D eigenvalue weighted by Gasteiger charge is -2.13. The number of anilines is 1. The fourth-order valence-corrected chi connectivity index (χ4v) is 3.49. The van der Waals surface area contributed by atoms with Crippen LogP contribution in [0.1, 0.15) is 27.3 Å². The predicted octanol–water partition coefficient (Wildman–Crippen LogP) is 3.32. The number of pyridine rings is 1. The van der Waals surface area contributed by atoms with E-state index in [-0.39, 0.29) is 18.0 Å². The monoisotopic (exact) mass is 399 g/mol. The van der Waals surface area contributed by atoms with Gasteiger partial charge in [-0.2, -0.15) is 5.10 Å². The molecule has 0 bridgehead atoms. The van der Waals surface area contributed by atoms with Crippen LogP contribution in [0.2, 0.25) is 0 Å². The molecule has 2 aromatic heterocycles. The van der Waals surface area contributed by atoms with Gasteiger partial charge in [0.15, 0.2) is 0 Å². The van der Waals surface area contributed by atoms with Gasteiger partial charge in [0.05, 0.1) is 17.6 Å². The molecule has 0 spiro atoms. The van der Waals surface area contributed by atoms with Gasteiger partial charge in [0.1, 0.15) is 5.69 Å². The standard InChI is InChI=1S/C23H21N5O2/c1-14-18-5-3-4-6-20(18)25-15(2)19(14)13-22(29)26-16-7-9-17(10-8-16)28-12-11-21(27-28)23(24)30/h3-12H,13H2,1-2H3,(H2,24,30)(H,26,29). The average molecular weight is 399 g/mol. The van der Waals surface area contributed by atoms with Crippen LogP contribution in [-0.2, 0) is 11.2 Å². The summed E-state index contributed by atoms with van der Waals surface area (Å²) in [4.78, 5) is 28.5. The van der Waals surface area contributed by atoms with E-state index in [2.05, 4.69) is 15.4 Å². The van der Waals surface area contributed by atoms with E-state index in [0.29, 0.717) is 5.69 Å². The van der Waals surface area contributed by atoms with Gasteiger partial charge in [-0.05, 0) is 61.4 Å². The molecule has 3 N–H and O–H groups in total. The highest BCUT2D eigenvalue weighted by Gasteiger charge is 2.13. The first-order chi connectivity index (χ1) is 14.4. The Balaban J connectivity index is 1.49. The zero-order valence-electron chi connectivity index (χ0n) is 16.7. The lowest BCUT2D eigenvalue weighted by atomic mass is 9.99. The third-order valence-electron chi connectivity index (χ3n) is 5.08. The minimum atomic E-state index is -0.577. The molecule has 0 atom stereocenters. The smallest absolute Gasteiger partial charge is 0.269 e. The maximum Gasteiger partial charge on any atom is 0.269 e. The number of nitrogens with one attached hydrogen (secondary N) is 1. The number of hydrogen-bond acceptors (Lipinski definition) is 4. The summed E-state index contributed by atoms with van der Waals surface area (Å²) < 4.78 is 1.55. The summed E-state index contributed by atoms with van der Waals surface area (Å²) in [6.45, 7) is 3.96. The highest BCUT2D eigenvalue weighted by molar-refractivity contribution is 5.94. The van der Waals surface area contributed by atoms with Crippen LogP contribution in [0.5, 0.6) is 0 Å². The first kappa shape index (κ1) is 19.3. The number of para-hydroxylation sites is 1. The van der Waals surface area contributed by atoms with Gasteiger partial charge in [-0.1, -0.05) is 18.2 Å². The fraction of sp³-hybridized carbons (Fsp3) is 0.130. The molecule has 2 amide bonds. The van der Waals surface area contributed by atoms with Crippen molar-refractivity contribution < 1.29 is 9.59 Å². The molecular formula is C23H21N5O2. The van der Waals surface area contributed by atoms with Crippen LogP contribution in [0.15, 0.2) is 60.8 Å². The largest absolute Gasteiger partial charge is 0.364 e. The molecule has 0 aliphatic carbocycles. The van der Waals surface area contributed by atoms with Gasteiger partial charge in [0.2, 0.25) is 5.91 Å². The van der Waals surface area contributed by atoms with Crippen LogP contribution in [0.3, 0.4) is 0 Å². The van der Waals surface area contributed by atoms with E-state index in [1.54, 1.807) is 29.1 Å². The maximum atomic E-state index is 12.6. The van der Waals surface area contributed by atoms with E-state index in [4.69, 9.17) is 5.73 Å². The Kier molecular flexibility index (Phi) is 5.02. The first-order valence-electron chi connectivity index (χ1n) is 9.53. The van der Waals surface area contributed by atoms with Gasteiger partial charge in [-0.15, -0.1) is 0 Å². The van der Waals surface area contributed by atoms with Gasteiger partial charge in [-0.25, -0.2) is 4.68 Å². The molecule has 7 nitrogen and oxygen atoms in total. The van der Waals surface area contributed by atoms with E-state index < -0.39 is 5.91 Å². The molecule has 0 saturated heterocycles. The molecule has 2 heterocycles. The van der Waals surface area contributed by atoms with Crippen molar-refractivity contribution in [1.29, 1.82) is 0 Å². The van der Waals surface area contributed by atoms with E-state index >= 15 is 0 Å². The van der Waals surface area contributed by atoms with Crippen LogP contribution in [0, 0.1) is 13.8 Å². The molecule has 4 rings (SSSR count). The highest BCUT2D eigenvalue weighted by atomic mass is 16.2. The van der Waals surface area contributed by atoms with Gasteiger partial charge >= 0.3 is 0 Å². The molecule has 2 aromatic carbocycles. The Morgan fingerprint density at radius 1 is 1.03 bits per heavy atom. The summed E-state index contributed by atoms with van der Waals surface area (Å²) in [5, 5.41) is 8.10. The second-order valence-corrected chi connectivity index (χ2v) is 7.10. The number of hydrogen-bond donors (Lipinski definition) is 2. The van der Waals surface area contributed by atoms with E-state index in [9.17, 15) is 9.59 Å². The quantitative estimate of drug-likeness (QED) is 0.537. The van der Waals surface area contributed by atoms with Crippen LogP contribution < -0.4 is 11.1 Å². The third kappa shape index (κ3) is 3.77. The van der Waals surface area contributed by atoms with Crippen LogP contribution in [0.4, 0.5) is 5.69 Å². The Bertz CT molecular complexity index is 1260. The lowest BCUT2D eigenvalue weighted by molar-refractivity contribution is -0.115. The van der Waals surface area contributed by atoms with Crippen molar-refractivity contribution in [2.24, 2.45) is 5.73 Å². The third-order valence-corrected chi connectivity index (χ3v) is 5.08. The SMILES string of the molecule is Cc1nc2ccccc2c(C)c1CC(=O)Nc1ccc(-n2ccc(C(N)=O)n2)cc1. The summed E-state index contributed by atoms with van der Waals surface area (Å²) in [5.74, 6) is -0.687. The van der Waals surface area contributed by atoms with Crippen molar-refractivity contribution in [1.82, 2.24) is 14.8 Å². The molecule has 150 valence electrons. The van der Waals surface area contributed by atoms with Gasteiger partial charge < -0.3 is 11.1 Å². The number of fused-ring (bicyclic) bond motifs is 1. The van der Waals surface area contributed by atoms with E-state index in [1.807, 2.05) is 50.2 Å². The van der Waals surface area contributed by atoms with Gasteiger partial charge in [0.25, 0.3) is 5.91 Å². The summed E-state index contributed by atoms with van der Waals surface area (Å²) in [6, 6.07) is 16.7. The second kappa shape index (κ2) is 7.79. The number of carbonyl (C=O) groups is 2. The molecular weight excluding hydrogens is 378 g/mol. The Labute approximate surface area is 173 Å². The normalized spacial score (nSPS) is 10.9. The minimum absolute atomic E-state index is 0.110. The molecule has 4 aromatic rings. The van der Waals surface area contributed by atoms with Crippen molar-refractivity contribution in [3.05, 3.63) is 83.3 Å². The summed E-state index contributed by atoms with van der Waals surface area (Å²) in [5.41, 5.74) is 10.7. The van der Waals surface area contributed by atoms with E-state index in [0.717, 1.165) is 33.4 Å². The Morgan fingerprint density at radius 2 is 1.77 bits per heavy atom. The number of amides is 2. The molecule has 0 fully saturated rings. The minimum Gasteiger partial charge on any atom is -0.364 e. The molecule has 0 unspecified atom stereocenters.